The molecule has 6 heteroatoms. The molecule has 1 fully saturated rings. The van der Waals surface area contributed by atoms with Crippen LogP contribution in [-0.2, 0) is 4.79 Å². The van der Waals surface area contributed by atoms with E-state index in [9.17, 15) is 9.18 Å². The van der Waals surface area contributed by atoms with Crippen molar-refractivity contribution in [3.63, 3.8) is 0 Å². The first-order valence-electron chi connectivity index (χ1n) is 5.62. The van der Waals surface area contributed by atoms with Crippen molar-refractivity contribution in [2.75, 3.05) is 18.0 Å². The smallest absolute Gasteiger partial charge is 0.222 e. The van der Waals surface area contributed by atoms with Gasteiger partial charge in [0.15, 0.2) is 0 Å². The van der Waals surface area contributed by atoms with Crippen molar-refractivity contribution < 1.29 is 9.18 Å². The van der Waals surface area contributed by atoms with E-state index in [1.807, 2.05) is 4.90 Å². The van der Waals surface area contributed by atoms with Crippen molar-refractivity contribution in [1.82, 2.24) is 0 Å². The topological polar surface area (TPSA) is 72.4 Å². The second kappa shape index (κ2) is 4.89. The molecule has 1 amide bonds. The van der Waals surface area contributed by atoms with Gasteiger partial charge in [-0.3, -0.25) is 4.79 Å². The van der Waals surface area contributed by atoms with Crippen LogP contribution in [0.3, 0.4) is 0 Å². The maximum atomic E-state index is 13.2. The van der Waals surface area contributed by atoms with E-state index in [-0.39, 0.29) is 22.6 Å². The fourth-order valence-corrected chi connectivity index (χ4v) is 2.36. The number of carbonyl (C=O) groups excluding carboxylic acids is 1. The summed E-state index contributed by atoms with van der Waals surface area (Å²) in [4.78, 5) is 13.2. The van der Waals surface area contributed by atoms with Crippen LogP contribution < -0.4 is 16.4 Å². The van der Waals surface area contributed by atoms with Crippen LogP contribution >= 0.6 is 12.2 Å². The molecule has 2 rings (SSSR count). The maximum Gasteiger partial charge on any atom is 0.222 e. The average Bonchev–Trinajstić information content (AvgIpc) is 2.78. The number of hydrogen-bond donors (Lipinski definition) is 2. The van der Waals surface area contributed by atoms with Crippen LogP contribution in [0.1, 0.15) is 12.0 Å². The van der Waals surface area contributed by atoms with Crippen molar-refractivity contribution >= 4 is 28.8 Å². The van der Waals surface area contributed by atoms with Gasteiger partial charge in [-0.1, -0.05) is 12.2 Å². The number of amides is 1. The summed E-state index contributed by atoms with van der Waals surface area (Å²) in [6.07, 6.45) is 0.698. The molecule has 1 aliphatic rings. The van der Waals surface area contributed by atoms with Crippen LogP contribution in [0.2, 0.25) is 0 Å². The average molecular weight is 267 g/mol. The Balaban J connectivity index is 2.29. The molecule has 0 saturated carbocycles. The van der Waals surface area contributed by atoms with Gasteiger partial charge < -0.3 is 16.4 Å². The number of nitrogens with two attached hydrogens (primary N) is 2. The molecule has 1 unspecified atom stereocenters. The largest absolute Gasteiger partial charge is 0.389 e. The number of benzene rings is 1. The van der Waals surface area contributed by atoms with Gasteiger partial charge >= 0.3 is 0 Å². The molecule has 96 valence electrons. The van der Waals surface area contributed by atoms with Crippen LogP contribution in [-0.4, -0.2) is 24.0 Å². The zero-order valence-electron chi connectivity index (χ0n) is 9.73. The highest BCUT2D eigenvalue weighted by Gasteiger charge is 2.28. The van der Waals surface area contributed by atoms with Gasteiger partial charge in [-0.05, 0) is 24.6 Å². The normalized spacial score (nSPS) is 18.9. The van der Waals surface area contributed by atoms with Gasteiger partial charge in [0.25, 0.3) is 0 Å². The van der Waals surface area contributed by atoms with Crippen LogP contribution in [0.4, 0.5) is 10.1 Å². The number of carbonyl (C=O) groups is 1. The first-order valence-corrected chi connectivity index (χ1v) is 6.03. The van der Waals surface area contributed by atoms with Gasteiger partial charge in [0.2, 0.25) is 5.91 Å². The fraction of sp³-hybridized carbons (Fsp3) is 0.333. The van der Waals surface area contributed by atoms with E-state index in [1.54, 1.807) is 6.07 Å². The summed E-state index contributed by atoms with van der Waals surface area (Å²) in [5.74, 6) is -0.863. The van der Waals surface area contributed by atoms with Crippen LogP contribution in [0, 0.1) is 11.7 Å². The lowest BCUT2D eigenvalue weighted by atomic mass is 10.1. The van der Waals surface area contributed by atoms with Crippen molar-refractivity contribution in [3.05, 3.63) is 29.6 Å². The van der Waals surface area contributed by atoms with Crippen LogP contribution in [0.5, 0.6) is 0 Å². The van der Waals surface area contributed by atoms with Gasteiger partial charge in [-0.2, -0.15) is 0 Å². The molecule has 1 atom stereocenters. The van der Waals surface area contributed by atoms with E-state index in [1.165, 1.54) is 12.1 Å². The van der Waals surface area contributed by atoms with Gasteiger partial charge in [0.1, 0.15) is 10.8 Å². The molecule has 0 aliphatic carbocycles. The zero-order valence-corrected chi connectivity index (χ0v) is 10.5. The minimum atomic E-state index is -0.382. The van der Waals surface area contributed by atoms with E-state index >= 15 is 0 Å². The highest BCUT2D eigenvalue weighted by molar-refractivity contribution is 7.80. The molecule has 1 aromatic carbocycles. The fourth-order valence-electron chi connectivity index (χ4n) is 2.19. The van der Waals surface area contributed by atoms with Crippen LogP contribution in [0.25, 0.3) is 0 Å². The molecule has 1 aromatic rings. The van der Waals surface area contributed by atoms with E-state index in [0.29, 0.717) is 25.1 Å². The van der Waals surface area contributed by atoms with Crippen molar-refractivity contribution in [3.8, 4) is 0 Å². The minimum absolute atomic E-state index is 0.145. The first kappa shape index (κ1) is 12.8. The minimum Gasteiger partial charge on any atom is -0.389 e. The van der Waals surface area contributed by atoms with Gasteiger partial charge in [-0.25, -0.2) is 4.39 Å². The molecule has 4 N–H and O–H groups in total. The van der Waals surface area contributed by atoms with E-state index in [4.69, 9.17) is 23.7 Å². The molecule has 4 nitrogen and oxygen atoms in total. The quantitative estimate of drug-likeness (QED) is 0.794. The summed E-state index contributed by atoms with van der Waals surface area (Å²) < 4.78 is 13.2. The standard InChI is InChI=1S/C12H14FN3OS/c13-8-1-2-10(9(5-8)12(15)18)16-4-3-7(6-16)11(14)17/h1-2,5,7H,3-4,6H2,(H2,14,17)(H2,15,18). The predicted octanol–water partition coefficient (Wildman–Crippen LogP) is 0.771. The molecule has 0 spiro atoms. The molecule has 0 bridgehead atoms. The molecular weight excluding hydrogens is 253 g/mol. The van der Waals surface area contributed by atoms with Crippen molar-refractivity contribution in [1.29, 1.82) is 0 Å². The number of halogens is 1. The highest BCUT2D eigenvalue weighted by Crippen LogP contribution is 2.27. The third-order valence-corrected chi connectivity index (χ3v) is 3.38. The molecule has 0 radical (unpaired) electrons. The zero-order chi connectivity index (χ0) is 13.3. The molecule has 1 saturated heterocycles. The summed E-state index contributed by atoms with van der Waals surface area (Å²) in [5, 5.41) is 0. The summed E-state index contributed by atoms with van der Waals surface area (Å²) in [5.41, 5.74) is 12.1. The van der Waals surface area contributed by atoms with Gasteiger partial charge in [-0.15, -0.1) is 0 Å². The second-order valence-electron chi connectivity index (χ2n) is 4.36. The Hall–Kier alpha value is -1.69. The first-order chi connectivity index (χ1) is 8.49. The van der Waals surface area contributed by atoms with Gasteiger partial charge in [0, 0.05) is 24.3 Å². The Morgan fingerprint density at radius 1 is 1.44 bits per heavy atom. The number of nitrogens with zero attached hydrogens (tertiary/aromatic N) is 1. The summed E-state index contributed by atoms with van der Waals surface area (Å²) >= 11 is 4.92. The number of rotatable bonds is 3. The summed E-state index contributed by atoms with van der Waals surface area (Å²) in [6, 6.07) is 4.30. The monoisotopic (exact) mass is 267 g/mol. The number of primary amides is 1. The third kappa shape index (κ3) is 2.43. The Morgan fingerprint density at radius 3 is 2.72 bits per heavy atom. The van der Waals surface area contributed by atoms with Crippen LogP contribution in [0.15, 0.2) is 18.2 Å². The summed E-state index contributed by atoms with van der Waals surface area (Å²) in [6.45, 7) is 1.21. The Bertz CT molecular complexity index is 506. The number of hydrogen-bond acceptors (Lipinski definition) is 3. The lowest BCUT2D eigenvalue weighted by Gasteiger charge is -2.21. The second-order valence-corrected chi connectivity index (χ2v) is 4.80. The molecular formula is C12H14FN3OS. The summed E-state index contributed by atoms with van der Waals surface area (Å²) in [7, 11) is 0. The van der Waals surface area contributed by atoms with E-state index < -0.39 is 0 Å². The lowest BCUT2D eigenvalue weighted by molar-refractivity contribution is -0.121. The Morgan fingerprint density at radius 2 is 2.17 bits per heavy atom. The SMILES string of the molecule is NC(=O)C1CCN(c2ccc(F)cc2C(N)=S)C1. The predicted molar refractivity (Wildman–Crippen MR) is 71.8 cm³/mol. The number of thiocarbonyl (C=S) groups is 1. The van der Waals surface area contributed by atoms with Gasteiger partial charge in [0.05, 0.1) is 5.92 Å². The van der Waals surface area contributed by atoms with Crippen molar-refractivity contribution in [2.24, 2.45) is 17.4 Å². The molecule has 1 aliphatic heterocycles. The third-order valence-electron chi connectivity index (χ3n) is 3.16. The highest BCUT2D eigenvalue weighted by atomic mass is 32.1. The maximum absolute atomic E-state index is 13.2. The van der Waals surface area contributed by atoms with E-state index in [2.05, 4.69) is 0 Å². The molecule has 18 heavy (non-hydrogen) atoms. The molecule has 0 aromatic heterocycles. The van der Waals surface area contributed by atoms with Crippen molar-refractivity contribution in [2.45, 2.75) is 6.42 Å². The Kier molecular flexibility index (Phi) is 3.47. The molecule has 1 heterocycles. The number of anilines is 1. The van der Waals surface area contributed by atoms with E-state index in [0.717, 1.165) is 5.69 Å². The lowest BCUT2D eigenvalue weighted by Crippen LogP contribution is -2.28. The Labute approximate surface area is 110 Å².